The zero-order chi connectivity index (χ0) is 12.5. The Bertz CT molecular complexity index is 422. The molecule has 1 aromatic heterocycles. The van der Waals surface area contributed by atoms with E-state index in [1.807, 2.05) is 0 Å². The Balaban J connectivity index is 1.51. The van der Waals surface area contributed by atoms with E-state index in [4.69, 9.17) is 0 Å². The molecule has 2 aliphatic rings. The Hall–Kier alpha value is -1.17. The topological polar surface area (TPSA) is 66.9 Å². The highest BCUT2D eigenvalue weighted by Gasteiger charge is 2.42. The van der Waals surface area contributed by atoms with Gasteiger partial charge in [0.25, 0.3) is 0 Å². The molecule has 2 aliphatic carbocycles. The Morgan fingerprint density at radius 1 is 1.50 bits per heavy atom. The molecule has 2 amide bonds. The van der Waals surface area contributed by atoms with Crippen LogP contribution in [0.1, 0.15) is 32.6 Å². The second-order valence-electron chi connectivity index (χ2n) is 5.47. The molecule has 98 valence electrons. The molecule has 1 aromatic rings. The predicted octanol–water partition coefficient (Wildman–Crippen LogP) is 2.48. The summed E-state index contributed by atoms with van der Waals surface area (Å²) in [7, 11) is 0. The Morgan fingerprint density at radius 3 is 3.00 bits per heavy atom. The highest BCUT2D eigenvalue weighted by Crippen LogP contribution is 2.49. The van der Waals surface area contributed by atoms with Crippen LogP contribution < -0.4 is 10.6 Å². The summed E-state index contributed by atoms with van der Waals surface area (Å²) in [5.41, 5.74) is 1.61. The smallest absolute Gasteiger partial charge is 0.321 e. The van der Waals surface area contributed by atoms with E-state index < -0.39 is 0 Å². The molecule has 4 unspecified atom stereocenters. The molecule has 2 N–H and O–H groups in total. The third-order valence-electron chi connectivity index (χ3n) is 4.37. The van der Waals surface area contributed by atoms with E-state index in [1.165, 1.54) is 37.0 Å². The lowest BCUT2D eigenvalue weighted by atomic mass is 9.84. The van der Waals surface area contributed by atoms with Crippen LogP contribution in [0, 0.1) is 17.8 Å². The van der Waals surface area contributed by atoms with Crippen LogP contribution >= 0.6 is 11.3 Å². The number of urea groups is 1. The molecule has 2 fully saturated rings. The van der Waals surface area contributed by atoms with Gasteiger partial charge < -0.3 is 5.32 Å². The maximum atomic E-state index is 11.8. The monoisotopic (exact) mass is 266 g/mol. The van der Waals surface area contributed by atoms with Crippen molar-refractivity contribution in [2.75, 3.05) is 5.32 Å². The van der Waals surface area contributed by atoms with Crippen LogP contribution in [0.2, 0.25) is 0 Å². The van der Waals surface area contributed by atoms with Crippen LogP contribution in [-0.2, 0) is 0 Å². The number of aromatic nitrogens is 2. The Morgan fingerprint density at radius 2 is 2.39 bits per heavy atom. The Kier molecular flexibility index (Phi) is 3.20. The van der Waals surface area contributed by atoms with Crippen LogP contribution in [0.3, 0.4) is 0 Å². The summed E-state index contributed by atoms with van der Waals surface area (Å²) in [5.74, 6) is 2.39. The molecule has 18 heavy (non-hydrogen) atoms. The van der Waals surface area contributed by atoms with Crippen molar-refractivity contribution in [2.24, 2.45) is 17.8 Å². The summed E-state index contributed by atoms with van der Waals surface area (Å²) in [6, 6.07) is 0.0789. The molecule has 2 bridgehead atoms. The minimum Gasteiger partial charge on any atom is -0.335 e. The number of rotatable bonds is 3. The van der Waals surface area contributed by atoms with Crippen LogP contribution in [0.5, 0.6) is 0 Å². The number of hydrogen-bond acceptors (Lipinski definition) is 4. The zero-order valence-corrected chi connectivity index (χ0v) is 11.2. The van der Waals surface area contributed by atoms with Crippen molar-refractivity contribution in [1.82, 2.24) is 15.5 Å². The first-order chi connectivity index (χ1) is 8.72. The summed E-state index contributed by atoms with van der Waals surface area (Å²) in [6.45, 7) is 2.12. The number of nitrogens with one attached hydrogen (secondary N) is 2. The van der Waals surface area contributed by atoms with Gasteiger partial charge in [-0.1, -0.05) is 17.8 Å². The molecule has 0 saturated heterocycles. The van der Waals surface area contributed by atoms with Crippen LogP contribution in [0.4, 0.5) is 9.93 Å². The first-order valence-corrected chi connectivity index (χ1v) is 7.44. The van der Waals surface area contributed by atoms with E-state index in [0.29, 0.717) is 11.0 Å². The minimum atomic E-state index is -0.165. The third-order valence-corrected chi connectivity index (χ3v) is 4.98. The summed E-state index contributed by atoms with van der Waals surface area (Å²) < 4.78 is 0. The number of carbonyl (C=O) groups excluding carboxylic acids is 1. The second kappa shape index (κ2) is 4.84. The first-order valence-electron chi connectivity index (χ1n) is 6.56. The van der Waals surface area contributed by atoms with Crippen molar-refractivity contribution >= 4 is 22.5 Å². The van der Waals surface area contributed by atoms with Crippen LogP contribution in [-0.4, -0.2) is 22.3 Å². The van der Waals surface area contributed by atoms with Gasteiger partial charge in [0.05, 0.1) is 0 Å². The van der Waals surface area contributed by atoms with Crippen LogP contribution in [0.25, 0.3) is 0 Å². The standard InChI is InChI=1S/C12H18N4OS/c1-7(10-5-8-2-3-9(10)4-8)14-11(17)15-12-16-13-6-18-12/h6-10H,2-5H2,1H3,(H2,14,15,16,17). The van der Waals surface area contributed by atoms with Gasteiger partial charge in [-0.25, -0.2) is 4.79 Å². The van der Waals surface area contributed by atoms with Gasteiger partial charge in [0.2, 0.25) is 5.13 Å². The predicted molar refractivity (Wildman–Crippen MR) is 70.5 cm³/mol. The van der Waals surface area contributed by atoms with E-state index in [-0.39, 0.29) is 12.1 Å². The number of hydrogen-bond donors (Lipinski definition) is 2. The molecule has 4 atom stereocenters. The maximum absolute atomic E-state index is 11.8. The molecule has 6 heteroatoms. The number of nitrogens with zero attached hydrogens (tertiary/aromatic N) is 2. The van der Waals surface area contributed by atoms with Gasteiger partial charge in [-0.3, -0.25) is 5.32 Å². The van der Waals surface area contributed by atoms with E-state index in [1.54, 1.807) is 5.51 Å². The summed E-state index contributed by atoms with van der Waals surface area (Å²) in [5, 5.41) is 13.8. The van der Waals surface area contributed by atoms with Gasteiger partial charge >= 0.3 is 6.03 Å². The molecule has 0 aliphatic heterocycles. The molecular formula is C12H18N4OS. The number of amides is 2. The van der Waals surface area contributed by atoms with E-state index in [9.17, 15) is 4.79 Å². The minimum absolute atomic E-state index is 0.165. The highest BCUT2D eigenvalue weighted by molar-refractivity contribution is 7.13. The largest absolute Gasteiger partial charge is 0.335 e. The van der Waals surface area contributed by atoms with E-state index in [0.717, 1.165) is 11.8 Å². The summed E-state index contributed by atoms with van der Waals surface area (Å²) in [4.78, 5) is 11.8. The van der Waals surface area contributed by atoms with Gasteiger partial charge in [0.15, 0.2) is 0 Å². The van der Waals surface area contributed by atoms with Crippen LogP contribution in [0.15, 0.2) is 5.51 Å². The molecule has 0 spiro atoms. The van der Waals surface area contributed by atoms with Gasteiger partial charge in [-0.2, -0.15) is 0 Å². The SMILES string of the molecule is CC(NC(=O)Nc1nncs1)C1CC2CCC1C2. The Labute approximate surface area is 110 Å². The fourth-order valence-electron chi connectivity index (χ4n) is 3.58. The molecular weight excluding hydrogens is 248 g/mol. The van der Waals surface area contributed by atoms with Gasteiger partial charge in [0, 0.05) is 6.04 Å². The van der Waals surface area contributed by atoms with Gasteiger partial charge in [-0.15, -0.1) is 10.2 Å². The fourth-order valence-corrected chi connectivity index (χ4v) is 4.02. The average Bonchev–Trinajstić information content (AvgIpc) is 3.04. The molecule has 1 heterocycles. The molecule has 0 aromatic carbocycles. The molecule has 2 saturated carbocycles. The highest BCUT2D eigenvalue weighted by atomic mass is 32.1. The normalized spacial score (nSPS) is 31.3. The number of fused-ring (bicyclic) bond motifs is 2. The van der Waals surface area contributed by atoms with Gasteiger partial charge in [-0.05, 0) is 43.9 Å². The zero-order valence-electron chi connectivity index (χ0n) is 10.4. The van der Waals surface area contributed by atoms with Gasteiger partial charge in [0.1, 0.15) is 5.51 Å². The quantitative estimate of drug-likeness (QED) is 0.883. The average molecular weight is 266 g/mol. The lowest BCUT2D eigenvalue weighted by molar-refractivity contribution is 0.230. The second-order valence-corrected chi connectivity index (χ2v) is 6.30. The van der Waals surface area contributed by atoms with E-state index in [2.05, 4.69) is 27.8 Å². The van der Waals surface area contributed by atoms with Crippen molar-refractivity contribution < 1.29 is 4.79 Å². The van der Waals surface area contributed by atoms with Crippen molar-refractivity contribution in [1.29, 1.82) is 0 Å². The summed E-state index contributed by atoms with van der Waals surface area (Å²) in [6.07, 6.45) is 5.39. The molecule has 5 nitrogen and oxygen atoms in total. The van der Waals surface area contributed by atoms with E-state index >= 15 is 0 Å². The third kappa shape index (κ3) is 2.34. The summed E-state index contributed by atoms with van der Waals surface area (Å²) >= 11 is 1.33. The van der Waals surface area contributed by atoms with Crippen molar-refractivity contribution in [3.8, 4) is 0 Å². The molecule has 3 rings (SSSR count). The number of anilines is 1. The molecule has 0 radical (unpaired) electrons. The van der Waals surface area contributed by atoms with Crippen molar-refractivity contribution in [2.45, 2.75) is 38.6 Å². The fraction of sp³-hybridized carbons (Fsp3) is 0.750. The lowest BCUT2D eigenvalue weighted by Crippen LogP contribution is -2.42. The first kappa shape index (κ1) is 11.9. The lowest BCUT2D eigenvalue weighted by Gasteiger charge is -2.28. The maximum Gasteiger partial charge on any atom is 0.321 e. The number of carbonyl (C=O) groups is 1. The van der Waals surface area contributed by atoms with Crippen molar-refractivity contribution in [3.63, 3.8) is 0 Å². The van der Waals surface area contributed by atoms with Crippen molar-refractivity contribution in [3.05, 3.63) is 5.51 Å².